The Bertz CT molecular complexity index is 529. The number of benzene rings is 1. The molecular weight excluding hydrogens is 214 g/mol. The van der Waals surface area contributed by atoms with E-state index in [1.807, 2.05) is 37.3 Å². The Kier molecular flexibility index (Phi) is 3.28. The number of carbonyl (C=O) groups excluding carboxylic acids is 1. The minimum Gasteiger partial charge on any atom is -0.462 e. The number of esters is 1. The molecule has 0 amide bonds. The highest BCUT2D eigenvalue weighted by atomic mass is 16.5. The van der Waals surface area contributed by atoms with Crippen LogP contribution in [0.25, 0.3) is 11.3 Å². The fourth-order valence-corrected chi connectivity index (χ4v) is 1.76. The Morgan fingerprint density at radius 1 is 1.35 bits per heavy atom. The molecule has 0 aliphatic heterocycles. The van der Waals surface area contributed by atoms with Crippen LogP contribution >= 0.6 is 0 Å². The highest BCUT2D eigenvalue weighted by Crippen LogP contribution is 2.22. The number of hydrogen-bond donors (Lipinski definition) is 1. The van der Waals surface area contributed by atoms with Gasteiger partial charge in [-0.15, -0.1) is 0 Å². The summed E-state index contributed by atoms with van der Waals surface area (Å²) in [5, 5.41) is 0. The van der Waals surface area contributed by atoms with Gasteiger partial charge in [-0.25, -0.2) is 4.79 Å². The maximum atomic E-state index is 11.5. The van der Waals surface area contributed by atoms with Crippen LogP contribution in [0, 0.1) is 6.92 Å². The Labute approximate surface area is 100 Å². The molecule has 0 saturated carbocycles. The lowest BCUT2D eigenvalue weighted by Gasteiger charge is -2.01. The molecule has 0 atom stereocenters. The molecule has 0 spiro atoms. The van der Waals surface area contributed by atoms with Crippen molar-refractivity contribution in [2.24, 2.45) is 0 Å². The Balaban J connectivity index is 2.30. The van der Waals surface area contributed by atoms with Crippen molar-refractivity contribution in [1.29, 1.82) is 0 Å². The monoisotopic (exact) mass is 229 g/mol. The first-order valence-electron chi connectivity index (χ1n) is 5.64. The summed E-state index contributed by atoms with van der Waals surface area (Å²) >= 11 is 0. The van der Waals surface area contributed by atoms with Crippen molar-refractivity contribution in [1.82, 2.24) is 4.98 Å². The van der Waals surface area contributed by atoms with Crippen LogP contribution in [0.4, 0.5) is 0 Å². The lowest BCUT2D eigenvalue weighted by molar-refractivity contribution is 0.0526. The number of aryl methyl sites for hydroxylation is 1. The number of nitrogens with one attached hydrogen (secondary N) is 1. The fourth-order valence-electron chi connectivity index (χ4n) is 1.76. The first-order chi connectivity index (χ1) is 8.22. The zero-order valence-electron chi connectivity index (χ0n) is 9.99. The summed E-state index contributed by atoms with van der Waals surface area (Å²) in [6, 6.07) is 9.86. The van der Waals surface area contributed by atoms with E-state index in [2.05, 4.69) is 4.98 Å². The van der Waals surface area contributed by atoms with Crippen LogP contribution in [0.1, 0.15) is 22.8 Å². The van der Waals surface area contributed by atoms with Crippen molar-refractivity contribution in [2.45, 2.75) is 13.8 Å². The average Bonchev–Trinajstić information content (AvgIpc) is 2.79. The van der Waals surface area contributed by atoms with Gasteiger partial charge >= 0.3 is 5.97 Å². The Hall–Kier alpha value is -2.03. The smallest absolute Gasteiger partial charge is 0.339 e. The van der Waals surface area contributed by atoms with Gasteiger partial charge in [0.05, 0.1) is 12.2 Å². The van der Waals surface area contributed by atoms with E-state index >= 15 is 0 Å². The second-order valence-electron chi connectivity index (χ2n) is 3.84. The maximum Gasteiger partial charge on any atom is 0.339 e. The van der Waals surface area contributed by atoms with Crippen molar-refractivity contribution < 1.29 is 9.53 Å². The van der Waals surface area contributed by atoms with E-state index in [9.17, 15) is 4.79 Å². The first kappa shape index (κ1) is 11.5. The number of rotatable bonds is 3. The summed E-state index contributed by atoms with van der Waals surface area (Å²) in [4.78, 5) is 14.6. The molecule has 0 radical (unpaired) electrons. The zero-order chi connectivity index (χ0) is 12.3. The molecule has 3 heteroatoms. The van der Waals surface area contributed by atoms with Gasteiger partial charge in [-0.3, -0.25) is 0 Å². The number of aromatic amines is 1. The third-order valence-corrected chi connectivity index (χ3v) is 2.63. The van der Waals surface area contributed by atoms with Gasteiger partial charge in [-0.1, -0.05) is 24.3 Å². The van der Waals surface area contributed by atoms with E-state index in [4.69, 9.17) is 4.74 Å². The molecule has 0 unspecified atom stereocenters. The summed E-state index contributed by atoms with van der Waals surface area (Å²) in [5.74, 6) is -0.288. The quantitative estimate of drug-likeness (QED) is 0.821. The predicted octanol–water partition coefficient (Wildman–Crippen LogP) is 3.17. The largest absolute Gasteiger partial charge is 0.462 e. The number of carbonyl (C=O) groups is 1. The maximum absolute atomic E-state index is 11.5. The van der Waals surface area contributed by atoms with E-state index in [0.717, 1.165) is 11.3 Å². The summed E-state index contributed by atoms with van der Waals surface area (Å²) < 4.78 is 4.95. The van der Waals surface area contributed by atoms with Gasteiger partial charge in [0.2, 0.25) is 0 Å². The highest BCUT2D eigenvalue weighted by Gasteiger charge is 2.10. The van der Waals surface area contributed by atoms with Gasteiger partial charge in [-0.2, -0.15) is 0 Å². The van der Waals surface area contributed by atoms with Crippen LogP contribution in [0.2, 0.25) is 0 Å². The first-order valence-corrected chi connectivity index (χ1v) is 5.64. The third kappa shape index (κ3) is 2.38. The van der Waals surface area contributed by atoms with E-state index in [0.29, 0.717) is 12.2 Å². The molecule has 1 heterocycles. The summed E-state index contributed by atoms with van der Waals surface area (Å²) in [5.41, 5.74) is 3.77. The fraction of sp³-hybridized carbons (Fsp3) is 0.214. The van der Waals surface area contributed by atoms with Gasteiger partial charge in [0.1, 0.15) is 0 Å². The number of H-pyrrole nitrogens is 1. The molecule has 0 bridgehead atoms. The number of hydrogen-bond acceptors (Lipinski definition) is 2. The topological polar surface area (TPSA) is 42.1 Å². The molecule has 88 valence electrons. The molecule has 2 aromatic rings. The van der Waals surface area contributed by atoms with Crippen LogP contribution in [-0.4, -0.2) is 17.6 Å². The molecule has 0 aliphatic rings. The second kappa shape index (κ2) is 4.87. The van der Waals surface area contributed by atoms with E-state index in [1.165, 1.54) is 5.56 Å². The van der Waals surface area contributed by atoms with E-state index in [1.54, 1.807) is 13.1 Å². The van der Waals surface area contributed by atoms with Gasteiger partial charge in [0, 0.05) is 17.5 Å². The average molecular weight is 229 g/mol. The summed E-state index contributed by atoms with van der Waals surface area (Å²) in [7, 11) is 0. The molecular formula is C14H15NO2. The number of aromatic nitrogens is 1. The Morgan fingerprint density at radius 3 is 2.82 bits per heavy atom. The van der Waals surface area contributed by atoms with Gasteiger partial charge < -0.3 is 9.72 Å². The molecule has 1 N–H and O–H groups in total. The molecule has 1 aromatic heterocycles. The summed E-state index contributed by atoms with van der Waals surface area (Å²) in [6.07, 6.45) is 1.68. The molecule has 1 aromatic carbocycles. The van der Waals surface area contributed by atoms with Crippen molar-refractivity contribution in [3.05, 3.63) is 47.7 Å². The van der Waals surface area contributed by atoms with Crippen molar-refractivity contribution in [3.8, 4) is 11.3 Å². The van der Waals surface area contributed by atoms with Crippen LogP contribution in [0.3, 0.4) is 0 Å². The third-order valence-electron chi connectivity index (χ3n) is 2.63. The lowest BCUT2D eigenvalue weighted by Crippen LogP contribution is -2.02. The summed E-state index contributed by atoms with van der Waals surface area (Å²) in [6.45, 7) is 4.23. The zero-order valence-corrected chi connectivity index (χ0v) is 9.99. The second-order valence-corrected chi connectivity index (χ2v) is 3.84. The van der Waals surface area contributed by atoms with Crippen LogP contribution < -0.4 is 0 Å². The van der Waals surface area contributed by atoms with Gasteiger partial charge in [0.25, 0.3) is 0 Å². The SMILES string of the molecule is CCOC(=O)c1c[nH]c(-c2ccccc2C)c1. The van der Waals surface area contributed by atoms with Crippen LogP contribution in [-0.2, 0) is 4.74 Å². The Morgan fingerprint density at radius 2 is 2.12 bits per heavy atom. The molecule has 0 saturated heterocycles. The van der Waals surface area contributed by atoms with Crippen molar-refractivity contribution >= 4 is 5.97 Å². The van der Waals surface area contributed by atoms with Gasteiger partial charge in [0.15, 0.2) is 0 Å². The van der Waals surface area contributed by atoms with E-state index < -0.39 is 0 Å². The van der Waals surface area contributed by atoms with E-state index in [-0.39, 0.29) is 5.97 Å². The highest BCUT2D eigenvalue weighted by molar-refractivity contribution is 5.91. The normalized spacial score (nSPS) is 10.2. The van der Waals surface area contributed by atoms with Crippen molar-refractivity contribution in [3.63, 3.8) is 0 Å². The standard InChI is InChI=1S/C14H15NO2/c1-3-17-14(16)11-8-13(15-9-11)12-7-5-4-6-10(12)2/h4-9,15H,3H2,1-2H3. The lowest BCUT2D eigenvalue weighted by atomic mass is 10.1. The van der Waals surface area contributed by atoms with Crippen molar-refractivity contribution in [2.75, 3.05) is 6.61 Å². The molecule has 3 nitrogen and oxygen atoms in total. The minimum absolute atomic E-state index is 0.288. The number of ether oxygens (including phenoxy) is 1. The molecule has 0 fully saturated rings. The van der Waals surface area contributed by atoms with Crippen LogP contribution in [0.15, 0.2) is 36.5 Å². The van der Waals surface area contributed by atoms with Gasteiger partial charge in [-0.05, 0) is 25.5 Å². The van der Waals surface area contributed by atoms with Crippen LogP contribution in [0.5, 0.6) is 0 Å². The predicted molar refractivity (Wildman–Crippen MR) is 66.9 cm³/mol. The molecule has 17 heavy (non-hydrogen) atoms. The molecule has 0 aliphatic carbocycles. The minimum atomic E-state index is -0.288. The molecule has 2 rings (SSSR count).